The summed E-state index contributed by atoms with van der Waals surface area (Å²) in [5, 5.41) is 19.9. The third-order valence-corrected chi connectivity index (χ3v) is 6.10. The summed E-state index contributed by atoms with van der Waals surface area (Å²) >= 11 is 0. The molecule has 1 atom stereocenters. The van der Waals surface area contributed by atoms with Crippen LogP contribution in [-0.4, -0.2) is 46.1 Å². The molecule has 1 aromatic carbocycles. The molecule has 1 saturated heterocycles. The zero-order valence-corrected chi connectivity index (χ0v) is 17.4. The number of benzene rings is 1. The van der Waals surface area contributed by atoms with Gasteiger partial charge in [-0.1, -0.05) is 6.07 Å². The Hall–Kier alpha value is -2.16. The summed E-state index contributed by atoms with van der Waals surface area (Å²) in [7, 11) is -0.612. The minimum absolute atomic E-state index is 0.193. The second-order valence-corrected chi connectivity index (χ2v) is 9.37. The lowest BCUT2D eigenvalue weighted by molar-refractivity contribution is -0.134. The lowest BCUT2D eigenvalue weighted by Gasteiger charge is -2.40. The zero-order chi connectivity index (χ0) is 21.3. The summed E-state index contributed by atoms with van der Waals surface area (Å²) in [6.45, 7) is 13.0. The molecule has 3 rings (SSSR count). The van der Waals surface area contributed by atoms with Gasteiger partial charge in [-0.2, -0.15) is 4.79 Å². The minimum Gasteiger partial charge on any atom is -0.474 e. The van der Waals surface area contributed by atoms with E-state index in [9.17, 15) is 19.8 Å². The summed E-state index contributed by atoms with van der Waals surface area (Å²) < 4.78 is 11.4. The Labute approximate surface area is 165 Å². The molecule has 0 radical (unpaired) electrons. The van der Waals surface area contributed by atoms with Crippen molar-refractivity contribution in [3.63, 3.8) is 0 Å². The number of aliphatic carboxylic acids is 1. The van der Waals surface area contributed by atoms with Crippen LogP contribution < -0.4 is 9.95 Å². The molecule has 0 aromatic heterocycles. The van der Waals surface area contributed by atoms with Crippen LogP contribution in [0.25, 0.3) is 6.08 Å². The number of hydrogen-bond donors (Lipinski definition) is 2. The summed E-state index contributed by atoms with van der Waals surface area (Å²) in [4.78, 5) is 24.3. The van der Waals surface area contributed by atoms with E-state index in [1.54, 1.807) is 39.0 Å². The van der Waals surface area contributed by atoms with Gasteiger partial charge in [-0.25, -0.2) is 4.79 Å². The first-order valence-corrected chi connectivity index (χ1v) is 9.23. The number of carboxylic acid groups (broad SMARTS) is 2. The lowest BCUT2D eigenvalue weighted by atomic mass is 9.78. The molecular formula is C20H27BNO6+. The SMILES string of the molecule is CC1(C)OB(c2ccc3c(c2)C=C(C(=O)O)[N+]3(C(=O)O)C(C)(C)C)OC1(C)C. The van der Waals surface area contributed by atoms with E-state index < -0.39 is 40.4 Å². The van der Waals surface area contributed by atoms with E-state index in [0.717, 1.165) is 5.46 Å². The van der Waals surface area contributed by atoms with Gasteiger partial charge in [0.25, 0.3) is 0 Å². The molecule has 0 saturated carbocycles. The highest BCUT2D eigenvalue weighted by molar-refractivity contribution is 6.62. The van der Waals surface area contributed by atoms with Crippen molar-refractivity contribution in [3.05, 3.63) is 29.5 Å². The number of rotatable bonds is 2. The first kappa shape index (κ1) is 20.6. The summed E-state index contributed by atoms with van der Waals surface area (Å²) in [6, 6.07) is 5.18. The minimum atomic E-state index is -1.26. The maximum Gasteiger partial charge on any atom is 0.524 e. The maximum atomic E-state index is 12.4. The highest BCUT2D eigenvalue weighted by atomic mass is 16.7. The highest BCUT2D eigenvalue weighted by Crippen LogP contribution is 2.47. The average molecular weight is 388 g/mol. The largest absolute Gasteiger partial charge is 0.524 e. The van der Waals surface area contributed by atoms with E-state index in [4.69, 9.17) is 9.31 Å². The van der Waals surface area contributed by atoms with Crippen LogP contribution >= 0.6 is 0 Å². The standard InChI is InChI=1S/C20H26BNO6/c1-18(2,3)22(17(25)26)14-9-8-13(10-12(14)11-15(22)16(23)24)21-27-19(4,5)20(6,7)28-21/h8-11H,1-7H3,(H-,23,24,25,26)/p+1. The molecule has 2 aliphatic rings. The van der Waals surface area contributed by atoms with Crippen molar-refractivity contribution in [1.29, 1.82) is 0 Å². The first-order chi connectivity index (χ1) is 12.6. The second-order valence-electron chi connectivity index (χ2n) is 9.37. The molecule has 0 aliphatic carbocycles. The molecule has 0 spiro atoms. The molecule has 8 heteroatoms. The lowest BCUT2D eigenvalue weighted by Crippen LogP contribution is -2.64. The van der Waals surface area contributed by atoms with Crippen molar-refractivity contribution in [2.45, 2.75) is 65.2 Å². The fraction of sp³-hybridized carbons (Fsp3) is 0.500. The van der Waals surface area contributed by atoms with Crippen LogP contribution in [0.15, 0.2) is 23.9 Å². The average Bonchev–Trinajstić information content (AvgIpc) is 2.98. The van der Waals surface area contributed by atoms with Gasteiger partial charge in [0.05, 0.1) is 11.2 Å². The molecule has 7 nitrogen and oxygen atoms in total. The van der Waals surface area contributed by atoms with Crippen molar-refractivity contribution in [2.24, 2.45) is 0 Å². The zero-order valence-electron chi connectivity index (χ0n) is 17.4. The molecule has 1 unspecified atom stereocenters. The van der Waals surface area contributed by atoms with Gasteiger partial charge in [0.1, 0.15) is 5.54 Å². The maximum absolute atomic E-state index is 12.4. The fourth-order valence-corrected chi connectivity index (χ4v) is 3.91. The predicted octanol–water partition coefficient (Wildman–Crippen LogP) is 3.21. The second kappa shape index (κ2) is 5.92. The van der Waals surface area contributed by atoms with Gasteiger partial charge in [-0.15, -0.1) is 4.48 Å². The van der Waals surface area contributed by atoms with Crippen LogP contribution in [0.1, 0.15) is 54.0 Å². The smallest absolute Gasteiger partial charge is 0.474 e. The molecule has 28 heavy (non-hydrogen) atoms. The number of fused-ring (bicyclic) bond motifs is 1. The topological polar surface area (TPSA) is 93.1 Å². The normalized spacial score (nSPS) is 25.4. The van der Waals surface area contributed by atoms with Gasteiger partial charge < -0.3 is 19.5 Å². The Morgan fingerprint density at radius 3 is 2.00 bits per heavy atom. The third-order valence-electron chi connectivity index (χ3n) is 6.10. The Kier molecular flexibility index (Phi) is 4.35. The van der Waals surface area contributed by atoms with Crippen molar-refractivity contribution in [3.8, 4) is 0 Å². The Morgan fingerprint density at radius 2 is 1.57 bits per heavy atom. The van der Waals surface area contributed by atoms with Crippen LogP contribution in [0.5, 0.6) is 0 Å². The van der Waals surface area contributed by atoms with E-state index in [-0.39, 0.29) is 5.70 Å². The Bertz CT molecular complexity index is 882. The molecule has 1 fully saturated rings. The van der Waals surface area contributed by atoms with E-state index in [1.807, 2.05) is 27.7 Å². The number of carboxylic acids is 1. The van der Waals surface area contributed by atoms with Gasteiger partial charge in [-0.05, 0) is 60.0 Å². The van der Waals surface area contributed by atoms with Crippen LogP contribution in [0.2, 0.25) is 0 Å². The number of amides is 1. The molecule has 150 valence electrons. The van der Waals surface area contributed by atoms with Crippen molar-refractivity contribution >= 4 is 36.4 Å². The molecule has 0 bridgehead atoms. The summed E-state index contributed by atoms with van der Waals surface area (Å²) in [5.41, 5.74) is -0.443. The molecule has 1 aromatic rings. The van der Waals surface area contributed by atoms with E-state index in [0.29, 0.717) is 11.3 Å². The summed E-state index contributed by atoms with van der Waals surface area (Å²) in [5.74, 6) is -1.26. The third kappa shape index (κ3) is 2.63. The van der Waals surface area contributed by atoms with Gasteiger partial charge in [0, 0.05) is 17.7 Å². The Morgan fingerprint density at radius 1 is 1.04 bits per heavy atom. The van der Waals surface area contributed by atoms with Crippen LogP contribution in [0, 0.1) is 0 Å². The molecule has 2 heterocycles. The number of quaternary nitrogens is 1. The molecule has 2 aliphatic heterocycles. The van der Waals surface area contributed by atoms with Crippen molar-refractivity contribution < 1.29 is 29.1 Å². The van der Waals surface area contributed by atoms with Crippen LogP contribution in [0.3, 0.4) is 0 Å². The summed E-state index contributed by atoms with van der Waals surface area (Å²) in [6.07, 6.45) is 0.203. The number of carbonyl (C=O) groups is 2. The van der Waals surface area contributed by atoms with Crippen molar-refractivity contribution in [2.75, 3.05) is 0 Å². The fourth-order valence-electron chi connectivity index (χ4n) is 3.91. The van der Waals surface area contributed by atoms with Crippen molar-refractivity contribution in [1.82, 2.24) is 4.48 Å². The first-order valence-electron chi connectivity index (χ1n) is 9.23. The Balaban J connectivity index is 2.15. The monoisotopic (exact) mass is 388 g/mol. The van der Waals surface area contributed by atoms with Crippen LogP contribution in [-0.2, 0) is 14.1 Å². The van der Waals surface area contributed by atoms with E-state index in [2.05, 4.69) is 0 Å². The molecule has 1 amide bonds. The number of nitrogens with zero attached hydrogens (tertiary/aromatic N) is 1. The van der Waals surface area contributed by atoms with Gasteiger partial charge in [0.15, 0.2) is 5.69 Å². The van der Waals surface area contributed by atoms with E-state index >= 15 is 0 Å². The van der Waals surface area contributed by atoms with E-state index in [1.165, 1.54) is 6.08 Å². The molecular weight excluding hydrogens is 361 g/mol. The number of hydrogen-bond acceptors (Lipinski definition) is 4. The van der Waals surface area contributed by atoms with Gasteiger partial charge in [0.2, 0.25) is 5.70 Å². The molecule has 2 N–H and O–H groups in total. The van der Waals surface area contributed by atoms with Gasteiger partial charge >= 0.3 is 19.2 Å². The van der Waals surface area contributed by atoms with Crippen LogP contribution in [0.4, 0.5) is 10.5 Å². The predicted molar refractivity (Wildman–Crippen MR) is 107 cm³/mol. The van der Waals surface area contributed by atoms with Gasteiger partial charge in [-0.3, -0.25) is 0 Å². The quantitative estimate of drug-likeness (QED) is 0.597. The highest BCUT2D eigenvalue weighted by Gasteiger charge is 2.60.